The molecule has 0 saturated carbocycles. The number of hydrogen-bond acceptors (Lipinski definition) is 3. The van der Waals surface area contributed by atoms with E-state index < -0.39 is 0 Å². The SMILES string of the molecule is Cc1ccccc1CNC(=O)CS[C@H](C)CO. The molecule has 1 amide bonds. The Balaban J connectivity index is 2.31. The molecule has 1 aromatic carbocycles. The van der Waals surface area contributed by atoms with Crippen molar-refractivity contribution in [1.29, 1.82) is 0 Å². The first-order chi connectivity index (χ1) is 8.13. The summed E-state index contributed by atoms with van der Waals surface area (Å²) in [6.45, 7) is 4.61. The van der Waals surface area contributed by atoms with Gasteiger partial charge in [0.2, 0.25) is 5.91 Å². The van der Waals surface area contributed by atoms with Crippen LogP contribution in [0.5, 0.6) is 0 Å². The number of hydrogen-bond donors (Lipinski definition) is 2. The molecule has 0 aromatic heterocycles. The van der Waals surface area contributed by atoms with Gasteiger partial charge in [0.1, 0.15) is 0 Å². The average Bonchev–Trinajstić information content (AvgIpc) is 2.35. The van der Waals surface area contributed by atoms with Crippen LogP contribution in [0, 0.1) is 6.92 Å². The van der Waals surface area contributed by atoms with Crippen molar-refractivity contribution in [3.05, 3.63) is 35.4 Å². The summed E-state index contributed by atoms with van der Waals surface area (Å²) in [6, 6.07) is 8.00. The second-order valence-electron chi connectivity index (χ2n) is 4.01. The predicted molar refractivity (Wildman–Crippen MR) is 72.0 cm³/mol. The van der Waals surface area contributed by atoms with Gasteiger partial charge in [0.25, 0.3) is 0 Å². The lowest BCUT2D eigenvalue weighted by molar-refractivity contribution is -0.118. The predicted octanol–water partition coefficient (Wildman–Crippen LogP) is 1.73. The summed E-state index contributed by atoms with van der Waals surface area (Å²) in [5, 5.41) is 11.8. The lowest BCUT2D eigenvalue weighted by atomic mass is 10.1. The van der Waals surface area contributed by atoms with Crippen molar-refractivity contribution in [2.45, 2.75) is 25.6 Å². The number of aliphatic hydroxyl groups is 1. The Kier molecular flexibility index (Phi) is 6.08. The van der Waals surface area contributed by atoms with Gasteiger partial charge >= 0.3 is 0 Å². The molecule has 17 heavy (non-hydrogen) atoms. The molecule has 0 radical (unpaired) electrons. The van der Waals surface area contributed by atoms with Gasteiger partial charge in [-0.25, -0.2) is 0 Å². The zero-order valence-corrected chi connectivity index (χ0v) is 11.1. The molecule has 0 aliphatic rings. The van der Waals surface area contributed by atoms with Crippen molar-refractivity contribution in [3.63, 3.8) is 0 Å². The second-order valence-corrected chi connectivity index (χ2v) is 5.43. The van der Waals surface area contributed by atoms with E-state index in [1.54, 1.807) is 0 Å². The van der Waals surface area contributed by atoms with E-state index in [9.17, 15) is 4.79 Å². The quantitative estimate of drug-likeness (QED) is 0.811. The van der Waals surface area contributed by atoms with Crippen molar-refractivity contribution in [2.24, 2.45) is 0 Å². The number of thioether (sulfide) groups is 1. The number of carbonyl (C=O) groups is 1. The topological polar surface area (TPSA) is 49.3 Å². The summed E-state index contributed by atoms with van der Waals surface area (Å²) in [6.07, 6.45) is 0. The molecule has 1 atom stereocenters. The van der Waals surface area contributed by atoms with Gasteiger partial charge in [-0.15, -0.1) is 11.8 Å². The lowest BCUT2D eigenvalue weighted by Crippen LogP contribution is -2.26. The Morgan fingerprint density at radius 2 is 2.18 bits per heavy atom. The minimum Gasteiger partial charge on any atom is -0.395 e. The molecule has 0 spiro atoms. The van der Waals surface area contributed by atoms with Crippen LogP contribution in [-0.4, -0.2) is 28.6 Å². The van der Waals surface area contributed by atoms with Crippen LogP contribution in [0.3, 0.4) is 0 Å². The molecule has 4 heteroatoms. The Hall–Kier alpha value is -1.000. The fourth-order valence-corrected chi connectivity index (χ4v) is 1.97. The van der Waals surface area contributed by atoms with Crippen LogP contribution in [0.25, 0.3) is 0 Å². The summed E-state index contributed by atoms with van der Waals surface area (Å²) in [7, 11) is 0. The molecule has 0 fully saturated rings. The minimum absolute atomic E-state index is 0.0125. The maximum atomic E-state index is 11.5. The minimum atomic E-state index is 0.0125. The number of rotatable bonds is 6. The molecule has 0 unspecified atom stereocenters. The number of carbonyl (C=O) groups excluding carboxylic acids is 1. The molecule has 2 N–H and O–H groups in total. The molecular formula is C13H19NO2S. The summed E-state index contributed by atoms with van der Waals surface area (Å²) in [5.41, 5.74) is 2.32. The van der Waals surface area contributed by atoms with Gasteiger partial charge in [-0.1, -0.05) is 31.2 Å². The highest BCUT2D eigenvalue weighted by Gasteiger charge is 2.06. The third kappa shape index (κ3) is 5.24. The summed E-state index contributed by atoms with van der Waals surface area (Å²) < 4.78 is 0. The van der Waals surface area contributed by atoms with E-state index >= 15 is 0 Å². The molecule has 1 rings (SSSR count). The monoisotopic (exact) mass is 253 g/mol. The Morgan fingerprint density at radius 3 is 2.82 bits per heavy atom. The Morgan fingerprint density at radius 1 is 1.47 bits per heavy atom. The largest absolute Gasteiger partial charge is 0.395 e. The van der Waals surface area contributed by atoms with Crippen molar-refractivity contribution < 1.29 is 9.90 Å². The number of aryl methyl sites for hydroxylation is 1. The van der Waals surface area contributed by atoms with E-state index in [0.29, 0.717) is 12.3 Å². The van der Waals surface area contributed by atoms with E-state index in [1.807, 2.05) is 38.1 Å². The van der Waals surface area contributed by atoms with Gasteiger partial charge in [0.15, 0.2) is 0 Å². The third-order valence-corrected chi connectivity index (χ3v) is 3.64. The van der Waals surface area contributed by atoms with Gasteiger partial charge in [0.05, 0.1) is 12.4 Å². The highest BCUT2D eigenvalue weighted by molar-refractivity contribution is 8.00. The molecular weight excluding hydrogens is 234 g/mol. The molecule has 1 aromatic rings. The highest BCUT2D eigenvalue weighted by Crippen LogP contribution is 2.09. The molecule has 94 valence electrons. The lowest BCUT2D eigenvalue weighted by Gasteiger charge is -2.09. The zero-order chi connectivity index (χ0) is 12.7. The molecule has 0 saturated heterocycles. The third-order valence-electron chi connectivity index (χ3n) is 2.49. The summed E-state index contributed by atoms with van der Waals surface area (Å²) in [5.74, 6) is 0.409. The molecule has 0 bridgehead atoms. The van der Waals surface area contributed by atoms with E-state index in [2.05, 4.69) is 5.32 Å². The van der Waals surface area contributed by atoms with Gasteiger partial charge in [-0.2, -0.15) is 0 Å². The van der Waals surface area contributed by atoms with Gasteiger partial charge in [-0.05, 0) is 18.1 Å². The van der Waals surface area contributed by atoms with Crippen LogP contribution < -0.4 is 5.32 Å². The van der Waals surface area contributed by atoms with E-state index in [-0.39, 0.29) is 17.8 Å². The van der Waals surface area contributed by atoms with Crippen molar-refractivity contribution in [2.75, 3.05) is 12.4 Å². The fraction of sp³-hybridized carbons (Fsp3) is 0.462. The van der Waals surface area contributed by atoms with E-state index in [1.165, 1.54) is 17.3 Å². The first-order valence-corrected chi connectivity index (χ1v) is 6.72. The van der Waals surface area contributed by atoms with Crippen molar-refractivity contribution in [3.8, 4) is 0 Å². The van der Waals surface area contributed by atoms with Gasteiger partial charge in [-0.3, -0.25) is 4.79 Å². The zero-order valence-electron chi connectivity index (χ0n) is 10.3. The summed E-state index contributed by atoms with van der Waals surface area (Å²) in [4.78, 5) is 11.5. The van der Waals surface area contributed by atoms with Crippen molar-refractivity contribution >= 4 is 17.7 Å². The van der Waals surface area contributed by atoms with Crippen LogP contribution in [0.4, 0.5) is 0 Å². The van der Waals surface area contributed by atoms with Crippen LogP contribution in [-0.2, 0) is 11.3 Å². The Bertz CT molecular complexity index is 368. The second kappa shape index (κ2) is 7.35. The smallest absolute Gasteiger partial charge is 0.230 e. The molecule has 3 nitrogen and oxygen atoms in total. The number of aliphatic hydroxyl groups excluding tert-OH is 1. The number of amides is 1. The van der Waals surface area contributed by atoms with Crippen LogP contribution in [0.1, 0.15) is 18.1 Å². The maximum Gasteiger partial charge on any atom is 0.230 e. The molecule has 0 aliphatic carbocycles. The maximum absolute atomic E-state index is 11.5. The first kappa shape index (κ1) is 14.1. The number of benzene rings is 1. The standard InChI is InChI=1S/C13H19NO2S/c1-10-5-3-4-6-12(10)7-14-13(16)9-17-11(2)8-15/h3-6,11,15H,7-9H2,1-2H3,(H,14,16)/t11-/m1/s1. The normalized spacial score (nSPS) is 12.2. The van der Waals surface area contributed by atoms with Crippen LogP contribution in [0.15, 0.2) is 24.3 Å². The van der Waals surface area contributed by atoms with Crippen molar-refractivity contribution in [1.82, 2.24) is 5.32 Å². The fourth-order valence-electron chi connectivity index (χ4n) is 1.32. The van der Waals surface area contributed by atoms with Crippen LogP contribution in [0.2, 0.25) is 0 Å². The van der Waals surface area contributed by atoms with E-state index in [0.717, 1.165) is 5.56 Å². The molecule has 0 aliphatic heterocycles. The van der Waals surface area contributed by atoms with E-state index in [4.69, 9.17) is 5.11 Å². The first-order valence-electron chi connectivity index (χ1n) is 5.67. The Labute approximate surface area is 107 Å². The van der Waals surface area contributed by atoms with Crippen LogP contribution >= 0.6 is 11.8 Å². The number of nitrogens with one attached hydrogen (secondary N) is 1. The average molecular weight is 253 g/mol. The summed E-state index contributed by atoms with van der Waals surface area (Å²) >= 11 is 1.46. The molecule has 0 heterocycles. The van der Waals surface area contributed by atoms with Gasteiger partial charge < -0.3 is 10.4 Å². The van der Waals surface area contributed by atoms with Gasteiger partial charge in [0, 0.05) is 11.8 Å². The highest BCUT2D eigenvalue weighted by atomic mass is 32.2.